The molecule has 0 aliphatic carbocycles. The quantitative estimate of drug-likeness (QED) is 0.759. The van der Waals surface area contributed by atoms with Crippen molar-refractivity contribution in [2.24, 2.45) is 4.99 Å². The predicted octanol–water partition coefficient (Wildman–Crippen LogP) is 3.45. The number of nitrogens with zero attached hydrogens (tertiary/aromatic N) is 1. The summed E-state index contributed by atoms with van der Waals surface area (Å²) in [6.07, 6.45) is 0. The zero-order valence-electron chi connectivity index (χ0n) is 14.6. The number of para-hydroxylation sites is 1. The van der Waals surface area contributed by atoms with Gasteiger partial charge in [0.25, 0.3) is 5.91 Å². The summed E-state index contributed by atoms with van der Waals surface area (Å²) in [4.78, 5) is 28.6. The first-order valence-corrected chi connectivity index (χ1v) is 10.3. The average molecular weight is 393 g/mol. The van der Waals surface area contributed by atoms with Gasteiger partial charge in [-0.15, -0.1) is 0 Å². The van der Waals surface area contributed by atoms with Gasteiger partial charge in [-0.2, -0.15) is 0 Å². The van der Waals surface area contributed by atoms with Gasteiger partial charge in [-0.1, -0.05) is 41.7 Å². The smallest absolute Gasteiger partial charge is 0.375 e. The van der Waals surface area contributed by atoms with Crippen LogP contribution >= 0.6 is 23.5 Å². The largest absolute Gasteiger partial charge is 0.450 e. The van der Waals surface area contributed by atoms with Crippen LogP contribution in [0.5, 0.6) is 0 Å². The first-order chi connectivity index (χ1) is 12.5. The third-order valence-corrected chi connectivity index (χ3v) is 5.84. The highest BCUT2D eigenvalue weighted by atomic mass is 32.2. The lowest BCUT2D eigenvalue weighted by Gasteiger charge is -2.08. The van der Waals surface area contributed by atoms with Gasteiger partial charge in [0.1, 0.15) is 9.96 Å². The van der Waals surface area contributed by atoms with Gasteiger partial charge in [0.15, 0.2) is 6.61 Å². The van der Waals surface area contributed by atoms with Crippen LogP contribution in [-0.2, 0) is 15.3 Å². The van der Waals surface area contributed by atoms with E-state index in [0.29, 0.717) is 11.3 Å². The highest BCUT2D eigenvalue weighted by Crippen LogP contribution is 2.32. The first-order valence-electron chi connectivity index (χ1n) is 8.31. The van der Waals surface area contributed by atoms with E-state index in [-0.39, 0.29) is 24.3 Å². The van der Waals surface area contributed by atoms with Gasteiger partial charge >= 0.3 is 5.97 Å². The van der Waals surface area contributed by atoms with Crippen molar-refractivity contribution in [1.29, 1.82) is 0 Å². The lowest BCUT2D eigenvalue weighted by atomic mass is 10.1. The van der Waals surface area contributed by atoms with Crippen LogP contribution in [0.3, 0.4) is 0 Å². The molecule has 138 valence electrons. The third-order valence-electron chi connectivity index (χ3n) is 3.57. The van der Waals surface area contributed by atoms with Crippen molar-refractivity contribution in [3.05, 3.63) is 35.6 Å². The molecule has 0 radical (unpaired) electrons. The summed E-state index contributed by atoms with van der Waals surface area (Å²) in [7, 11) is 0. The number of amides is 1. The van der Waals surface area contributed by atoms with Crippen molar-refractivity contribution >= 4 is 50.7 Å². The van der Waals surface area contributed by atoms with Crippen LogP contribution in [0.1, 0.15) is 30.0 Å². The van der Waals surface area contributed by atoms with Gasteiger partial charge in [0, 0.05) is 28.5 Å². The molecular formula is C18H20N2O4S2. The SMILES string of the molecule is CC(C)NC(=O)COC(=O)c1oc2ccccc2c1CSC1=NCCS1. The number of nitrogens with one attached hydrogen (secondary N) is 1. The molecule has 1 amide bonds. The van der Waals surface area contributed by atoms with Crippen LogP contribution in [0.2, 0.25) is 0 Å². The molecule has 0 fully saturated rings. The van der Waals surface area contributed by atoms with Crippen molar-refractivity contribution < 1.29 is 18.7 Å². The molecule has 2 heterocycles. The summed E-state index contributed by atoms with van der Waals surface area (Å²) in [5.41, 5.74) is 1.40. The van der Waals surface area contributed by atoms with Gasteiger partial charge in [0.2, 0.25) is 5.76 Å². The highest BCUT2D eigenvalue weighted by molar-refractivity contribution is 8.38. The maximum atomic E-state index is 12.5. The van der Waals surface area contributed by atoms with Crippen molar-refractivity contribution in [3.63, 3.8) is 0 Å². The van der Waals surface area contributed by atoms with E-state index in [1.54, 1.807) is 23.5 Å². The van der Waals surface area contributed by atoms with E-state index in [1.165, 1.54) is 0 Å². The number of ether oxygens (including phenoxy) is 1. The van der Waals surface area contributed by atoms with E-state index < -0.39 is 5.97 Å². The Labute approximate surface area is 160 Å². The van der Waals surface area contributed by atoms with Crippen LogP contribution in [0.25, 0.3) is 11.0 Å². The second-order valence-electron chi connectivity index (χ2n) is 5.99. The molecular weight excluding hydrogens is 372 g/mol. The minimum Gasteiger partial charge on any atom is -0.450 e. The molecule has 1 aromatic carbocycles. The Morgan fingerprint density at radius 3 is 2.92 bits per heavy atom. The third kappa shape index (κ3) is 4.62. The number of esters is 1. The molecule has 1 N–H and O–H groups in total. The standard InChI is InChI=1S/C18H20N2O4S2/c1-11(2)20-15(21)9-23-17(22)16-13(10-26-18-19-7-8-25-18)12-5-3-4-6-14(12)24-16/h3-6,11H,7-10H2,1-2H3,(H,20,21). The number of hydrogen-bond acceptors (Lipinski definition) is 7. The number of carbonyl (C=O) groups excluding carboxylic acids is 2. The lowest BCUT2D eigenvalue weighted by molar-refractivity contribution is -0.124. The van der Waals surface area contributed by atoms with E-state index in [4.69, 9.17) is 9.15 Å². The summed E-state index contributed by atoms with van der Waals surface area (Å²) in [5, 5.41) is 3.56. The molecule has 0 atom stereocenters. The van der Waals surface area contributed by atoms with Crippen LogP contribution in [-0.4, -0.2) is 41.2 Å². The van der Waals surface area contributed by atoms with Gasteiger partial charge in [-0.05, 0) is 19.9 Å². The maximum Gasteiger partial charge on any atom is 0.375 e. The second-order valence-corrected chi connectivity index (χ2v) is 8.30. The molecule has 0 saturated carbocycles. The number of fused-ring (bicyclic) bond motifs is 1. The zero-order chi connectivity index (χ0) is 18.5. The molecule has 0 unspecified atom stereocenters. The summed E-state index contributed by atoms with van der Waals surface area (Å²) in [6.45, 7) is 4.19. The average Bonchev–Trinajstić information content (AvgIpc) is 3.24. The van der Waals surface area contributed by atoms with Crippen molar-refractivity contribution in [2.75, 3.05) is 18.9 Å². The molecule has 1 aliphatic rings. The molecule has 1 aromatic heterocycles. The fraction of sp³-hybridized carbons (Fsp3) is 0.389. The van der Waals surface area contributed by atoms with E-state index in [1.807, 2.05) is 38.1 Å². The van der Waals surface area contributed by atoms with Crippen molar-refractivity contribution in [1.82, 2.24) is 5.32 Å². The summed E-state index contributed by atoms with van der Waals surface area (Å²) in [5.74, 6) is 0.744. The molecule has 8 heteroatoms. The molecule has 26 heavy (non-hydrogen) atoms. The Balaban J connectivity index is 1.76. The topological polar surface area (TPSA) is 80.9 Å². The number of rotatable bonds is 6. The van der Waals surface area contributed by atoms with E-state index >= 15 is 0 Å². The van der Waals surface area contributed by atoms with Gasteiger partial charge < -0.3 is 14.5 Å². The first kappa shape index (κ1) is 18.8. The van der Waals surface area contributed by atoms with E-state index in [0.717, 1.165) is 27.6 Å². The summed E-state index contributed by atoms with van der Waals surface area (Å²) >= 11 is 3.30. The normalized spacial score (nSPS) is 13.9. The van der Waals surface area contributed by atoms with Crippen LogP contribution in [0.4, 0.5) is 0 Å². The molecule has 0 spiro atoms. The van der Waals surface area contributed by atoms with Crippen molar-refractivity contribution in [2.45, 2.75) is 25.6 Å². The number of aliphatic imine (C=N–C) groups is 1. The van der Waals surface area contributed by atoms with Crippen LogP contribution < -0.4 is 5.32 Å². The number of hydrogen-bond donors (Lipinski definition) is 1. The number of furan rings is 1. The Morgan fingerprint density at radius 2 is 2.19 bits per heavy atom. The fourth-order valence-electron chi connectivity index (χ4n) is 2.50. The number of thioether (sulfide) groups is 2. The summed E-state index contributed by atoms with van der Waals surface area (Å²) in [6, 6.07) is 7.47. The minimum absolute atomic E-state index is 0.0101. The summed E-state index contributed by atoms with van der Waals surface area (Å²) < 4.78 is 11.9. The molecule has 2 aromatic rings. The van der Waals surface area contributed by atoms with Crippen LogP contribution in [0.15, 0.2) is 33.7 Å². The maximum absolute atomic E-state index is 12.5. The Hall–Kier alpha value is -1.93. The Kier molecular flexibility index (Phi) is 6.26. The van der Waals surface area contributed by atoms with E-state index in [9.17, 15) is 9.59 Å². The number of carbonyl (C=O) groups is 2. The number of benzene rings is 1. The van der Waals surface area contributed by atoms with E-state index in [2.05, 4.69) is 10.3 Å². The molecule has 3 rings (SSSR count). The van der Waals surface area contributed by atoms with Gasteiger partial charge in [-0.25, -0.2) is 4.79 Å². The molecule has 6 nitrogen and oxygen atoms in total. The minimum atomic E-state index is -0.628. The van der Waals surface area contributed by atoms with Gasteiger partial charge in [0.05, 0.1) is 6.54 Å². The van der Waals surface area contributed by atoms with Crippen molar-refractivity contribution in [3.8, 4) is 0 Å². The highest BCUT2D eigenvalue weighted by Gasteiger charge is 2.23. The fourth-order valence-corrected chi connectivity index (χ4v) is 4.54. The zero-order valence-corrected chi connectivity index (χ0v) is 16.2. The molecule has 0 bridgehead atoms. The Bertz CT molecular complexity index is 845. The monoisotopic (exact) mass is 392 g/mol. The van der Waals surface area contributed by atoms with Gasteiger partial charge in [-0.3, -0.25) is 9.79 Å². The predicted molar refractivity (Wildman–Crippen MR) is 106 cm³/mol. The molecule has 1 aliphatic heterocycles. The van der Waals surface area contributed by atoms with Crippen LogP contribution in [0, 0.1) is 0 Å². The lowest BCUT2D eigenvalue weighted by Crippen LogP contribution is -2.34. The Morgan fingerprint density at radius 1 is 1.38 bits per heavy atom. The molecule has 0 saturated heterocycles. The second kappa shape index (κ2) is 8.64.